The van der Waals surface area contributed by atoms with E-state index < -0.39 is 0 Å². The number of piperidine rings is 1. The van der Waals surface area contributed by atoms with Crippen LogP contribution in [0, 0.1) is 0 Å². The Morgan fingerprint density at radius 1 is 0.340 bits per heavy atom. The number of hydrogen-bond acceptors (Lipinski definition) is 14. The molecule has 0 unspecified atom stereocenters. The van der Waals surface area contributed by atoms with E-state index in [4.69, 9.17) is 61.6 Å². The minimum absolute atomic E-state index is 0.372. The third kappa shape index (κ3) is 36.5. The van der Waals surface area contributed by atoms with Crippen molar-refractivity contribution in [1.29, 1.82) is 0 Å². The molecule has 0 spiro atoms. The SMILES string of the molecule is CCCCOCCOCCOCCOCCOCCOCCOCCOCCOCCOCCOCCOCCOC1CCNCC1. The Bertz CT molecular complexity index is 577. The quantitative estimate of drug-likeness (QED) is 0.0940. The first kappa shape index (κ1) is 44.5. The molecule has 47 heavy (non-hydrogen) atoms. The van der Waals surface area contributed by atoms with Crippen LogP contribution < -0.4 is 5.32 Å². The van der Waals surface area contributed by atoms with Gasteiger partial charge >= 0.3 is 0 Å². The Kier molecular flexibility index (Phi) is 37.7. The second-order valence-electron chi connectivity index (χ2n) is 10.5. The van der Waals surface area contributed by atoms with Crippen LogP contribution in [0.15, 0.2) is 0 Å². The van der Waals surface area contributed by atoms with Crippen LogP contribution >= 0.6 is 0 Å². The molecular weight excluding hydrogens is 618 g/mol. The van der Waals surface area contributed by atoms with Crippen LogP contribution in [0.4, 0.5) is 0 Å². The van der Waals surface area contributed by atoms with E-state index in [1.165, 1.54) is 0 Å². The summed E-state index contributed by atoms with van der Waals surface area (Å²) in [5.41, 5.74) is 0. The predicted octanol–water partition coefficient (Wildman–Crippen LogP) is 1.75. The Morgan fingerprint density at radius 2 is 0.574 bits per heavy atom. The molecule has 1 heterocycles. The summed E-state index contributed by atoms with van der Waals surface area (Å²) in [6.45, 7) is 18.2. The average molecular weight is 686 g/mol. The van der Waals surface area contributed by atoms with Crippen molar-refractivity contribution in [2.24, 2.45) is 0 Å². The largest absolute Gasteiger partial charge is 0.379 e. The Balaban J connectivity index is 1.59. The smallest absolute Gasteiger partial charge is 0.0704 e. The van der Waals surface area contributed by atoms with Gasteiger partial charge in [-0.1, -0.05) is 13.3 Å². The van der Waals surface area contributed by atoms with E-state index in [1.807, 2.05) is 0 Å². The molecule has 1 aliphatic heterocycles. The molecule has 1 saturated heterocycles. The molecule has 0 aromatic carbocycles. The summed E-state index contributed by atoms with van der Waals surface area (Å²) >= 11 is 0. The highest BCUT2D eigenvalue weighted by molar-refractivity contribution is 4.67. The maximum absolute atomic E-state index is 5.79. The van der Waals surface area contributed by atoms with Gasteiger partial charge in [0.25, 0.3) is 0 Å². The maximum atomic E-state index is 5.79. The van der Waals surface area contributed by atoms with Gasteiger partial charge in [0.2, 0.25) is 0 Å². The Hall–Kier alpha value is -0.560. The summed E-state index contributed by atoms with van der Waals surface area (Å²) < 4.78 is 71.6. The van der Waals surface area contributed by atoms with E-state index in [9.17, 15) is 0 Å². The van der Waals surface area contributed by atoms with E-state index in [0.29, 0.717) is 165 Å². The van der Waals surface area contributed by atoms with Gasteiger partial charge in [-0.05, 0) is 32.4 Å². The van der Waals surface area contributed by atoms with Crippen molar-refractivity contribution in [2.75, 3.05) is 178 Å². The molecule has 282 valence electrons. The second kappa shape index (κ2) is 39.9. The van der Waals surface area contributed by atoms with Gasteiger partial charge < -0.3 is 66.9 Å². The minimum atomic E-state index is 0.372. The minimum Gasteiger partial charge on any atom is -0.379 e. The molecule has 0 aromatic rings. The molecule has 0 aliphatic carbocycles. The van der Waals surface area contributed by atoms with Crippen molar-refractivity contribution in [3.63, 3.8) is 0 Å². The van der Waals surface area contributed by atoms with Crippen molar-refractivity contribution >= 4 is 0 Å². The average Bonchev–Trinajstić information content (AvgIpc) is 3.09. The lowest BCUT2D eigenvalue weighted by molar-refractivity contribution is -0.0327. The van der Waals surface area contributed by atoms with Crippen LogP contribution in [0.3, 0.4) is 0 Å². The van der Waals surface area contributed by atoms with Crippen LogP contribution in [-0.2, 0) is 61.6 Å². The van der Waals surface area contributed by atoms with E-state index >= 15 is 0 Å². The summed E-state index contributed by atoms with van der Waals surface area (Å²) in [6, 6.07) is 0. The van der Waals surface area contributed by atoms with Crippen molar-refractivity contribution < 1.29 is 61.6 Å². The van der Waals surface area contributed by atoms with Gasteiger partial charge in [0.1, 0.15) is 0 Å². The highest BCUT2D eigenvalue weighted by atomic mass is 16.6. The van der Waals surface area contributed by atoms with Crippen molar-refractivity contribution in [1.82, 2.24) is 5.32 Å². The normalized spacial score (nSPS) is 14.0. The number of nitrogens with one attached hydrogen (secondary N) is 1. The zero-order valence-corrected chi connectivity index (χ0v) is 29.3. The van der Waals surface area contributed by atoms with Crippen LogP contribution in [0.1, 0.15) is 32.6 Å². The lowest BCUT2D eigenvalue weighted by Gasteiger charge is -2.22. The summed E-state index contributed by atoms with van der Waals surface area (Å²) in [6.07, 6.45) is 4.78. The zero-order valence-electron chi connectivity index (χ0n) is 29.3. The van der Waals surface area contributed by atoms with Crippen LogP contribution in [0.2, 0.25) is 0 Å². The summed E-state index contributed by atoms with van der Waals surface area (Å²) in [5, 5.41) is 3.33. The fraction of sp³-hybridized carbons (Fsp3) is 1.00. The van der Waals surface area contributed by atoms with Crippen molar-refractivity contribution in [3.8, 4) is 0 Å². The third-order valence-electron chi connectivity index (χ3n) is 6.60. The lowest BCUT2D eigenvalue weighted by Crippen LogP contribution is -2.33. The second-order valence-corrected chi connectivity index (χ2v) is 10.5. The zero-order chi connectivity index (χ0) is 33.4. The predicted molar refractivity (Wildman–Crippen MR) is 177 cm³/mol. The van der Waals surface area contributed by atoms with Crippen LogP contribution in [-0.4, -0.2) is 184 Å². The molecule has 0 radical (unpaired) electrons. The fourth-order valence-corrected chi connectivity index (χ4v) is 4.00. The molecule has 1 aliphatic rings. The first-order valence-corrected chi connectivity index (χ1v) is 17.7. The molecule has 1 N–H and O–H groups in total. The van der Waals surface area contributed by atoms with Crippen LogP contribution in [0.25, 0.3) is 0 Å². The standard InChI is InChI=1S/C33H67NO13/c1-2-3-8-35-9-10-36-11-12-37-13-14-38-15-16-39-17-18-40-19-20-41-21-22-42-23-24-43-25-26-44-27-28-45-29-30-46-31-32-47-33-4-6-34-7-5-33/h33-34H,2-32H2,1H3. The topological polar surface area (TPSA) is 132 Å². The van der Waals surface area contributed by atoms with E-state index in [-0.39, 0.29) is 0 Å². The highest BCUT2D eigenvalue weighted by Gasteiger charge is 2.12. The molecule has 0 amide bonds. The third-order valence-corrected chi connectivity index (χ3v) is 6.60. The molecule has 14 heteroatoms. The van der Waals surface area contributed by atoms with E-state index in [0.717, 1.165) is 45.4 Å². The molecule has 1 rings (SSSR count). The van der Waals surface area contributed by atoms with E-state index in [2.05, 4.69) is 12.2 Å². The molecule has 1 fully saturated rings. The van der Waals surface area contributed by atoms with Gasteiger partial charge in [-0.25, -0.2) is 0 Å². The monoisotopic (exact) mass is 685 g/mol. The fourth-order valence-electron chi connectivity index (χ4n) is 4.00. The number of ether oxygens (including phenoxy) is 13. The Labute approximate surface area is 283 Å². The van der Waals surface area contributed by atoms with Gasteiger partial charge in [-0.2, -0.15) is 0 Å². The number of hydrogen-bond donors (Lipinski definition) is 1. The first-order valence-electron chi connectivity index (χ1n) is 17.7. The molecule has 0 atom stereocenters. The number of rotatable bonds is 40. The van der Waals surface area contributed by atoms with Gasteiger partial charge in [-0.15, -0.1) is 0 Å². The molecular formula is C33H67NO13. The lowest BCUT2D eigenvalue weighted by atomic mass is 10.1. The van der Waals surface area contributed by atoms with Gasteiger partial charge in [0.15, 0.2) is 0 Å². The number of unbranched alkanes of at least 4 members (excludes halogenated alkanes) is 1. The van der Waals surface area contributed by atoms with Crippen LogP contribution in [0.5, 0.6) is 0 Å². The summed E-state index contributed by atoms with van der Waals surface area (Å²) in [5.74, 6) is 0. The molecule has 14 nitrogen and oxygen atoms in total. The van der Waals surface area contributed by atoms with Gasteiger partial charge in [0, 0.05) is 6.61 Å². The molecule has 0 saturated carbocycles. The van der Waals surface area contributed by atoms with Gasteiger partial charge in [0.05, 0.1) is 165 Å². The van der Waals surface area contributed by atoms with Crippen molar-refractivity contribution in [2.45, 2.75) is 38.7 Å². The van der Waals surface area contributed by atoms with Gasteiger partial charge in [-0.3, -0.25) is 0 Å². The summed E-state index contributed by atoms with van der Waals surface area (Å²) in [7, 11) is 0. The first-order chi connectivity index (χ1) is 23.4. The van der Waals surface area contributed by atoms with Crippen molar-refractivity contribution in [3.05, 3.63) is 0 Å². The Morgan fingerprint density at radius 3 is 0.830 bits per heavy atom. The summed E-state index contributed by atoms with van der Waals surface area (Å²) in [4.78, 5) is 0. The molecule has 0 bridgehead atoms. The highest BCUT2D eigenvalue weighted by Crippen LogP contribution is 2.06. The van der Waals surface area contributed by atoms with E-state index in [1.54, 1.807) is 0 Å². The molecule has 0 aromatic heterocycles. The maximum Gasteiger partial charge on any atom is 0.0704 e.